The maximum Gasteiger partial charge on any atom is 0.338 e. The van der Waals surface area contributed by atoms with Gasteiger partial charge < -0.3 is 4.74 Å². The molecule has 83 valence electrons. The number of hydrogen-bond acceptors (Lipinski definition) is 4. The Kier molecular flexibility index (Phi) is 7.40. The molecule has 0 bridgehead atoms. The van der Waals surface area contributed by atoms with Crippen molar-refractivity contribution in [3.8, 4) is 0 Å². The summed E-state index contributed by atoms with van der Waals surface area (Å²) < 4.78 is 27.7. The summed E-state index contributed by atoms with van der Waals surface area (Å²) in [5.41, 5.74) is 0.662. The number of carbonyl (C=O) groups is 1. The molecule has 0 heterocycles. The second-order valence-corrected chi connectivity index (χ2v) is 3.41. The number of nitrogens with one attached hydrogen (secondary N) is 1. The molecule has 1 aromatic rings. The summed E-state index contributed by atoms with van der Waals surface area (Å²) in [7, 11) is -2.72. The number of hydrogen-bond donors (Lipinski definition) is 2. The number of carbonyl (C=O) groups excluding carboxylic acids is 1. The minimum atomic E-state index is -2.72. The van der Waals surface area contributed by atoms with Crippen molar-refractivity contribution in [2.75, 3.05) is 11.3 Å². The van der Waals surface area contributed by atoms with Crippen LogP contribution in [0, 0.1) is 0 Å². The van der Waals surface area contributed by atoms with Gasteiger partial charge >= 0.3 is 5.97 Å². The smallest absolute Gasteiger partial charge is 0.338 e. The van der Waals surface area contributed by atoms with Gasteiger partial charge in [0.05, 0.1) is 12.2 Å². The fraction of sp³-hybridized carbons (Fsp3) is 0.222. The molecule has 0 atom stereocenters. The Morgan fingerprint density at radius 2 is 2.12 bits per heavy atom. The zero-order valence-corrected chi connectivity index (χ0v) is 12.0. The Balaban J connectivity index is 0.00000225. The van der Waals surface area contributed by atoms with Crippen LogP contribution < -0.4 is 4.72 Å². The summed E-state index contributed by atoms with van der Waals surface area (Å²) in [6, 6.07) is 6.10. The van der Waals surface area contributed by atoms with E-state index in [0.717, 1.165) is 0 Å². The average molecular weight is 252 g/mol. The van der Waals surface area contributed by atoms with Gasteiger partial charge in [0.2, 0.25) is 10.9 Å². The molecule has 5 nitrogen and oxygen atoms in total. The number of ether oxygens (including phenoxy) is 1. The van der Waals surface area contributed by atoms with Gasteiger partial charge in [-0.05, 0) is 25.1 Å². The van der Waals surface area contributed by atoms with E-state index in [9.17, 15) is 13.2 Å². The van der Waals surface area contributed by atoms with E-state index in [1.165, 1.54) is 6.07 Å². The molecule has 0 spiro atoms. The standard InChI is InChI=1S/C9H11NO4S.Na/c1-2-14-9(11)7-4-3-5-8(6-7)10-15(12)13;/h3-6,15H,2H2,1H3,(H,10,12,13);. The molecule has 1 aromatic carbocycles. The van der Waals surface area contributed by atoms with Crippen LogP contribution >= 0.6 is 0 Å². The van der Waals surface area contributed by atoms with Gasteiger partial charge in [0.15, 0.2) is 0 Å². The summed E-state index contributed by atoms with van der Waals surface area (Å²) >= 11 is 0. The molecule has 0 aliphatic heterocycles. The minimum absolute atomic E-state index is 0. The first-order chi connectivity index (χ1) is 7.13. The summed E-state index contributed by atoms with van der Waals surface area (Å²) in [4.78, 5) is 11.3. The number of esters is 1. The van der Waals surface area contributed by atoms with E-state index in [1.807, 2.05) is 0 Å². The Hall–Kier alpha value is -0.560. The molecule has 0 fully saturated rings. The number of rotatable bonds is 4. The summed E-state index contributed by atoms with van der Waals surface area (Å²) in [5, 5.41) is 0. The maximum atomic E-state index is 11.3. The molecule has 1 rings (SSSR count). The Bertz CT molecular complexity index is 425. The molecular weight excluding hydrogens is 241 g/mol. The molecule has 0 amide bonds. The van der Waals surface area contributed by atoms with Crippen LogP contribution in [0.5, 0.6) is 0 Å². The maximum absolute atomic E-state index is 11.3. The van der Waals surface area contributed by atoms with Crippen LogP contribution in [0.15, 0.2) is 24.3 Å². The van der Waals surface area contributed by atoms with E-state index in [1.54, 1.807) is 25.1 Å². The predicted octanol–water partition coefficient (Wildman–Crippen LogP) is 0.421. The summed E-state index contributed by atoms with van der Waals surface area (Å²) in [5.74, 6) is -0.470. The van der Waals surface area contributed by atoms with Crippen LogP contribution in [0.4, 0.5) is 5.69 Å². The SMILES string of the molecule is CCOC(=O)c1cccc(N[SH](=O)=O)c1.[Na]. The Morgan fingerprint density at radius 1 is 1.44 bits per heavy atom. The van der Waals surface area contributed by atoms with Gasteiger partial charge in [-0.1, -0.05) is 6.07 Å². The normalized spacial score (nSPS) is 9.38. The van der Waals surface area contributed by atoms with Crippen LogP contribution in [0.2, 0.25) is 0 Å². The summed E-state index contributed by atoms with van der Waals surface area (Å²) in [6.45, 7) is 1.99. The zero-order valence-electron chi connectivity index (χ0n) is 9.10. The van der Waals surface area contributed by atoms with Gasteiger partial charge in [-0.15, -0.1) is 0 Å². The summed E-state index contributed by atoms with van der Waals surface area (Å²) in [6.07, 6.45) is 0. The van der Waals surface area contributed by atoms with Gasteiger partial charge in [0, 0.05) is 35.2 Å². The van der Waals surface area contributed by atoms with E-state index in [2.05, 4.69) is 4.72 Å². The van der Waals surface area contributed by atoms with Crippen LogP contribution in [0.1, 0.15) is 17.3 Å². The number of anilines is 1. The first kappa shape index (κ1) is 15.4. The molecule has 1 radical (unpaired) electrons. The Morgan fingerprint density at radius 3 is 2.69 bits per heavy atom. The second kappa shape index (κ2) is 7.67. The Labute approximate surface area is 118 Å². The third-order valence-corrected chi connectivity index (χ3v) is 2.03. The monoisotopic (exact) mass is 252 g/mol. The number of benzene rings is 1. The fourth-order valence-corrected chi connectivity index (χ4v) is 1.39. The quantitative estimate of drug-likeness (QED) is 0.463. The topological polar surface area (TPSA) is 72.5 Å². The third-order valence-electron chi connectivity index (χ3n) is 1.59. The van der Waals surface area contributed by atoms with E-state index >= 15 is 0 Å². The van der Waals surface area contributed by atoms with Crippen molar-refractivity contribution in [1.82, 2.24) is 0 Å². The van der Waals surface area contributed by atoms with Crippen molar-refractivity contribution in [2.45, 2.75) is 6.92 Å². The van der Waals surface area contributed by atoms with E-state index in [0.29, 0.717) is 11.3 Å². The molecular formula is C9H11NNaO4S. The van der Waals surface area contributed by atoms with Crippen molar-refractivity contribution in [3.63, 3.8) is 0 Å². The molecule has 0 aliphatic rings. The van der Waals surface area contributed by atoms with Crippen LogP contribution in [-0.4, -0.2) is 50.6 Å². The van der Waals surface area contributed by atoms with Crippen LogP contribution in [0.25, 0.3) is 0 Å². The molecule has 16 heavy (non-hydrogen) atoms. The minimum Gasteiger partial charge on any atom is -0.462 e. The van der Waals surface area contributed by atoms with Crippen molar-refractivity contribution < 1.29 is 17.9 Å². The van der Waals surface area contributed by atoms with Gasteiger partial charge in [-0.3, -0.25) is 4.72 Å². The van der Waals surface area contributed by atoms with Crippen LogP contribution in [-0.2, 0) is 15.6 Å². The molecule has 0 aromatic heterocycles. The van der Waals surface area contributed by atoms with Gasteiger partial charge in [-0.2, -0.15) is 0 Å². The van der Waals surface area contributed by atoms with E-state index in [4.69, 9.17) is 4.74 Å². The van der Waals surface area contributed by atoms with E-state index < -0.39 is 16.9 Å². The van der Waals surface area contributed by atoms with Crippen molar-refractivity contribution in [3.05, 3.63) is 29.8 Å². The second-order valence-electron chi connectivity index (χ2n) is 2.67. The predicted molar refractivity (Wildman–Crippen MR) is 62.1 cm³/mol. The fourth-order valence-electron chi connectivity index (χ4n) is 1.04. The largest absolute Gasteiger partial charge is 0.462 e. The zero-order chi connectivity index (χ0) is 11.3. The molecule has 1 N–H and O–H groups in total. The third kappa shape index (κ3) is 4.98. The van der Waals surface area contributed by atoms with Crippen LogP contribution in [0.3, 0.4) is 0 Å². The van der Waals surface area contributed by atoms with Gasteiger partial charge in [-0.25, -0.2) is 13.2 Å². The first-order valence-corrected chi connectivity index (χ1v) is 5.49. The number of thiol groups is 1. The van der Waals surface area contributed by atoms with Crippen molar-refractivity contribution in [2.24, 2.45) is 0 Å². The molecule has 0 saturated carbocycles. The average Bonchev–Trinajstić information content (AvgIpc) is 2.17. The van der Waals surface area contributed by atoms with Gasteiger partial charge in [0.1, 0.15) is 0 Å². The first-order valence-electron chi connectivity index (χ1n) is 4.31. The molecule has 0 aliphatic carbocycles. The van der Waals surface area contributed by atoms with Crippen molar-refractivity contribution >= 4 is 52.1 Å². The molecule has 7 heteroatoms. The molecule has 0 saturated heterocycles. The van der Waals surface area contributed by atoms with Gasteiger partial charge in [0.25, 0.3) is 0 Å². The van der Waals surface area contributed by atoms with Crippen molar-refractivity contribution in [1.29, 1.82) is 0 Å². The van der Waals surface area contributed by atoms with E-state index in [-0.39, 0.29) is 36.2 Å². The molecule has 0 unspecified atom stereocenters.